The van der Waals surface area contributed by atoms with Crippen LogP contribution in [-0.4, -0.2) is 12.8 Å². The molecule has 0 saturated carbocycles. The van der Waals surface area contributed by atoms with E-state index in [4.69, 9.17) is 11.6 Å². The lowest BCUT2D eigenvalue weighted by Gasteiger charge is -2.20. The number of hydrogen-bond acceptors (Lipinski definition) is 2. The average Bonchev–Trinajstić information content (AvgIpc) is 2.67. The minimum Gasteiger partial charge on any atom is -0.345 e. The maximum Gasteiger partial charge on any atom is 0.417 e. The molecule has 0 aliphatic rings. The Hall–Kier alpha value is -2.79. The third kappa shape index (κ3) is 4.14. The molecule has 0 N–H and O–H groups in total. The molecule has 0 amide bonds. The van der Waals surface area contributed by atoms with Crippen LogP contribution in [0.5, 0.6) is 0 Å². The molecule has 0 fully saturated rings. The van der Waals surface area contributed by atoms with Crippen LogP contribution in [0, 0.1) is 0 Å². The zero-order chi connectivity index (χ0) is 19.6. The number of nitrogens with zero attached hydrogens (tertiary/aromatic N) is 1. The van der Waals surface area contributed by atoms with Crippen LogP contribution in [0.4, 0.5) is 24.5 Å². The summed E-state index contributed by atoms with van der Waals surface area (Å²) in [6, 6.07) is 18.5. The normalized spacial score (nSPS) is 11.3. The van der Waals surface area contributed by atoms with Crippen molar-refractivity contribution in [2.45, 2.75) is 6.18 Å². The molecule has 0 aromatic heterocycles. The highest BCUT2D eigenvalue weighted by molar-refractivity contribution is 6.30. The quantitative estimate of drug-likeness (QED) is 0.484. The number of carbonyl (C=O) groups is 1. The monoisotopic (exact) mass is 389 g/mol. The molecule has 0 aliphatic carbocycles. The van der Waals surface area contributed by atoms with Crippen molar-refractivity contribution >= 4 is 28.8 Å². The van der Waals surface area contributed by atoms with Gasteiger partial charge in [0.2, 0.25) is 0 Å². The molecule has 0 saturated heterocycles. The van der Waals surface area contributed by atoms with Crippen molar-refractivity contribution in [1.29, 1.82) is 0 Å². The van der Waals surface area contributed by atoms with E-state index in [9.17, 15) is 18.0 Å². The summed E-state index contributed by atoms with van der Waals surface area (Å²) in [6.07, 6.45) is -4.58. The second kappa shape index (κ2) is 7.45. The molecule has 0 aliphatic heterocycles. The highest BCUT2D eigenvalue weighted by Crippen LogP contribution is 2.33. The van der Waals surface area contributed by atoms with E-state index in [2.05, 4.69) is 0 Å². The van der Waals surface area contributed by atoms with E-state index in [0.717, 1.165) is 17.4 Å². The van der Waals surface area contributed by atoms with Crippen LogP contribution in [0.3, 0.4) is 0 Å². The molecule has 0 radical (unpaired) electrons. The summed E-state index contributed by atoms with van der Waals surface area (Å²) in [5.41, 5.74) is 0.583. The Kier molecular flexibility index (Phi) is 5.24. The van der Waals surface area contributed by atoms with Gasteiger partial charge in [-0.2, -0.15) is 13.2 Å². The van der Waals surface area contributed by atoms with Gasteiger partial charge < -0.3 is 4.90 Å². The van der Waals surface area contributed by atoms with Crippen molar-refractivity contribution in [3.63, 3.8) is 0 Å². The van der Waals surface area contributed by atoms with E-state index in [1.54, 1.807) is 24.3 Å². The van der Waals surface area contributed by atoms with Gasteiger partial charge in [0.25, 0.3) is 0 Å². The zero-order valence-electron chi connectivity index (χ0n) is 14.3. The lowest BCUT2D eigenvalue weighted by molar-refractivity contribution is -0.137. The van der Waals surface area contributed by atoms with E-state index >= 15 is 0 Å². The Morgan fingerprint density at radius 2 is 1.37 bits per heavy atom. The first-order valence-corrected chi connectivity index (χ1v) is 8.45. The highest BCUT2D eigenvalue weighted by atomic mass is 35.5. The Morgan fingerprint density at radius 1 is 0.852 bits per heavy atom. The van der Waals surface area contributed by atoms with Crippen molar-refractivity contribution in [3.05, 3.63) is 94.5 Å². The Bertz CT molecular complexity index is 950. The number of rotatable bonds is 4. The van der Waals surface area contributed by atoms with Crippen LogP contribution < -0.4 is 4.90 Å². The number of hydrogen-bond donors (Lipinski definition) is 0. The van der Waals surface area contributed by atoms with E-state index < -0.39 is 17.5 Å². The zero-order valence-corrected chi connectivity index (χ0v) is 15.1. The SMILES string of the molecule is CN(c1ccc(Cl)cc1)c1ccc(C(=O)c2ccccc2C(F)(F)F)cc1. The molecule has 0 unspecified atom stereocenters. The van der Waals surface area contributed by atoms with Gasteiger partial charge in [0, 0.05) is 34.6 Å². The Balaban J connectivity index is 1.88. The predicted octanol–water partition coefficient (Wildman–Crippen LogP) is 6.36. The molecule has 0 heterocycles. The first-order valence-electron chi connectivity index (χ1n) is 8.07. The van der Waals surface area contributed by atoms with Crippen molar-refractivity contribution in [1.82, 2.24) is 0 Å². The molecule has 27 heavy (non-hydrogen) atoms. The summed E-state index contributed by atoms with van der Waals surface area (Å²) >= 11 is 5.88. The molecule has 2 nitrogen and oxygen atoms in total. The Labute approximate surface area is 159 Å². The van der Waals surface area contributed by atoms with Crippen LogP contribution in [0.15, 0.2) is 72.8 Å². The minimum absolute atomic E-state index is 0.194. The first kappa shape index (κ1) is 19.0. The smallest absolute Gasteiger partial charge is 0.345 e. The van der Waals surface area contributed by atoms with Gasteiger partial charge in [-0.1, -0.05) is 29.8 Å². The molecule has 6 heteroatoms. The van der Waals surface area contributed by atoms with Gasteiger partial charge in [0.15, 0.2) is 5.78 Å². The standard InChI is InChI=1S/C21H15ClF3NO/c1-26(17-12-8-15(22)9-13-17)16-10-6-14(7-11-16)20(27)18-4-2-3-5-19(18)21(23,24)25/h2-13H,1H3. The highest BCUT2D eigenvalue weighted by Gasteiger charge is 2.34. The number of carbonyl (C=O) groups excluding carboxylic acids is 1. The van der Waals surface area contributed by atoms with E-state index in [-0.39, 0.29) is 11.1 Å². The van der Waals surface area contributed by atoms with Gasteiger partial charge in [-0.15, -0.1) is 0 Å². The predicted molar refractivity (Wildman–Crippen MR) is 101 cm³/mol. The molecular formula is C21H15ClF3NO. The van der Waals surface area contributed by atoms with Crippen LogP contribution in [0.2, 0.25) is 5.02 Å². The number of ketones is 1. The van der Waals surface area contributed by atoms with Crippen LogP contribution >= 0.6 is 11.6 Å². The fourth-order valence-corrected chi connectivity index (χ4v) is 2.86. The second-order valence-corrected chi connectivity index (χ2v) is 6.39. The summed E-state index contributed by atoms with van der Waals surface area (Å²) in [4.78, 5) is 14.5. The number of alkyl halides is 3. The van der Waals surface area contributed by atoms with E-state index in [1.165, 1.54) is 30.3 Å². The third-order valence-electron chi connectivity index (χ3n) is 4.21. The summed E-state index contributed by atoms with van der Waals surface area (Å²) in [5, 5.41) is 0.622. The van der Waals surface area contributed by atoms with Crippen molar-refractivity contribution < 1.29 is 18.0 Å². The summed E-state index contributed by atoms with van der Waals surface area (Å²) in [7, 11) is 1.85. The van der Waals surface area contributed by atoms with E-state index in [1.807, 2.05) is 24.1 Å². The van der Waals surface area contributed by atoms with Crippen LogP contribution in [0.1, 0.15) is 21.5 Å². The topological polar surface area (TPSA) is 20.3 Å². The largest absolute Gasteiger partial charge is 0.417 e. The third-order valence-corrected chi connectivity index (χ3v) is 4.46. The number of benzene rings is 3. The molecule has 0 spiro atoms. The van der Waals surface area contributed by atoms with Gasteiger partial charge in [-0.3, -0.25) is 4.79 Å². The van der Waals surface area contributed by atoms with Crippen LogP contribution in [-0.2, 0) is 6.18 Å². The van der Waals surface area contributed by atoms with Gasteiger partial charge in [-0.05, 0) is 54.6 Å². The van der Waals surface area contributed by atoms with Crippen LogP contribution in [0.25, 0.3) is 0 Å². The minimum atomic E-state index is -4.58. The molecular weight excluding hydrogens is 375 g/mol. The first-order chi connectivity index (χ1) is 12.8. The maximum absolute atomic E-state index is 13.1. The number of halogens is 4. The molecule has 3 aromatic carbocycles. The summed E-state index contributed by atoms with van der Waals surface area (Å²) in [5.74, 6) is -0.663. The number of anilines is 2. The lowest BCUT2D eigenvalue weighted by atomic mass is 9.98. The molecule has 3 aromatic rings. The van der Waals surface area contributed by atoms with Crippen molar-refractivity contribution in [3.8, 4) is 0 Å². The van der Waals surface area contributed by atoms with Gasteiger partial charge in [0.05, 0.1) is 5.56 Å². The Morgan fingerprint density at radius 3 is 1.93 bits per heavy atom. The fourth-order valence-electron chi connectivity index (χ4n) is 2.73. The second-order valence-electron chi connectivity index (χ2n) is 5.95. The average molecular weight is 390 g/mol. The summed E-state index contributed by atoms with van der Waals surface area (Å²) < 4.78 is 39.4. The van der Waals surface area contributed by atoms with Gasteiger partial charge in [0.1, 0.15) is 0 Å². The van der Waals surface area contributed by atoms with Gasteiger partial charge >= 0.3 is 6.18 Å². The van der Waals surface area contributed by atoms with Crippen molar-refractivity contribution in [2.24, 2.45) is 0 Å². The van der Waals surface area contributed by atoms with Crippen molar-refractivity contribution in [2.75, 3.05) is 11.9 Å². The molecule has 0 bridgehead atoms. The molecule has 138 valence electrons. The fraction of sp³-hybridized carbons (Fsp3) is 0.0952. The van der Waals surface area contributed by atoms with E-state index in [0.29, 0.717) is 5.02 Å². The van der Waals surface area contributed by atoms with Gasteiger partial charge in [-0.25, -0.2) is 0 Å². The molecule has 3 rings (SSSR count). The lowest BCUT2D eigenvalue weighted by Crippen LogP contribution is -2.14. The molecule has 0 atom stereocenters. The maximum atomic E-state index is 13.1. The summed E-state index contributed by atoms with van der Waals surface area (Å²) in [6.45, 7) is 0.